The highest BCUT2D eigenvalue weighted by Gasteiger charge is 2.32. The van der Waals surface area contributed by atoms with E-state index in [0.29, 0.717) is 22.9 Å². The molecule has 2 aliphatic rings. The van der Waals surface area contributed by atoms with Crippen LogP contribution in [-0.4, -0.2) is 118 Å². The number of piperazine rings is 1. The van der Waals surface area contributed by atoms with Gasteiger partial charge in [-0.05, 0) is 70.7 Å². The second kappa shape index (κ2) is 12.4. The van der Waals surface area contributed by atoms with E-state index < -0.39 is 10.0 Å². The first-order chi connectivity index (χ1) is 17.3. The van der Waals surface area contributed by atoms with Gasteiger partial charge in [0.2, 0.25) is 15.9 Å². The van der Waals surface area contributed by atoms with E-state index in [1.54, 1.807) is 33.1 Å². The monoisotopic (exact) mass is 538 g/mol. The van der Waals surface area contributed by atoms with Gasteiger partial charge in [-0.3, -0.25) is 14.6 Å². The van der Waals surface area contributed by atoms with Crippen molar-refractivity contribution in [1.29, 1.82) is 0 Å². The lowest BCUT2D eigenvalue weighted by atomic mass is 10.0. The number of ether oxygens (including phenoxy) is 2. The molecule has 0 atom stereocenters. The van der Waals surface area contributed by atoms with Crippen LogP contribution in [0.1, 0.15) is 44.7 Å². The molecule has 9 nitrogen and oxygen atoms in total. The van der Waals surface area contributed by atoms with Crippen LogP contribution in [0.4, 0.5) is 0 Å². The number of benzene rings is 1. The first-order valence-corrected chi connectivity index (χ1v) is 14.7. The van der Waals surface area contributed by atoms with Crippen molar-refractivity contribution < 1.29 is 22.7 Å². The number of sulfonamides is 1. The summed E-state index contributed by atoms with van der Waals surface area (Å²) in [7, 11) is -0.583. The van der Waals surface area contributed by atoms with Gasteiger partial charge in [0.05, 0.1) is 18.6 Å². The molecule has 0 aromatic heterocycles. The molecule has 0 N–H and O–H groups in total. The van der Waals surface area contributed by atoms with Crippen LogP contribution < -0.4 is 4.74 Å². The van der Waals surface area contributed by atoms with Crippen molar-refractivity contribution in [3.63, 3.8) is 0 Å². The smallest absolute Gasteiger partial charge is 0.248 e. The van der Waals surface area contributed by atoms with Gasteiger partial charge in [0.15, 0.2) is 0 Å². The number of likely N-dealkylation sites (tertiary alicyclic amines) is 1. The Hall–Kier alpha value is -1.72. The number of methoxy groups -OCH3 is 1. The normalized spacial score (nSPS) is 19.0. The van der Waals surface area contributed by atoms with Crippen LogP contribution >= 0.6 is 0 Å². The summed E-state index contributed by atoms with van der Waals surface area (Å²) in [6.07, 6.45) is 1.98. The van der Waals surface area contributed by atoms with E-state index in [-0.39, 0.29) is 36.1 Å². The molecule has 3 rings (SSSR count). The van der Waals surface area contributed by atoms with E-state index in [2.05, 4.69) is 30.6 Å². The number of nitrogens with zero attached hydrogens (tertiary/aromatic N) is 4. The van der Waals surface area contributed by atoms with Crippen LogP contribution in [0.15, 0.2) is 17.0 Å². The molecule has 0 saturated carbocycles. The largest absolute Gasteiger partial charge is 0.497 e. The van der Waals surface area contributed by atoms with Crippen molar-refractivity contribution in [3.8, 4) is 5.75 Å². The van der Waals surface area contributed by atoms with E-state index in [0.717, 1.165) is 52.1 Å². The first kappa shape index (κ1) is 29.8. The van der Waals surface area contributed by atoms with Crippen LogP contribution in [0.3, 0.4) is 0 Å². The van der Waals surface area contributed by atoms with Gasteiger partial charge in [0, 0.05) is 64.4 Å². The molecule has 2 heterocycles. The van der Waals surface area contributed by atoms with Crippen LogP contribution in [0, 0.1) is 13.8 Å². The van der Waals surface area contributed by atoms with Crippen LogP contribution in [0.5, 0.6) is 5.75 Å². The molecule has 0 spiro atoms. The molecule has 210 valence electrons. The fourth-order valence-corrected chi connectivity index (χ4v) is 6.95. The second-order valence-electron chi connectivity index (χ2n) is 11.3. The van der Waals surface area contributed by atoms with Gasteiger partial charge in [-0.2, -0.15) is 4.31 Å². The lowest BCUT2D eigenvalue weighted by Crippen LogP contribution is -2.57. The Kier molecular flexibility index (Phi) is 10.0. The van der Waals surface area contributed by atoms with Crippen molar-refractivity contribution in [3.05, 3.63) is 23.3 Å². The summed E-state index contributed by atoms with van der Waals surface area (Å²) in [6, 6.07) is 3.98. The van der Waals surface area contributed by atoms with Crippen molar-refractivity contribution in [2.24, 2.45) is 0 Å². The highest BCUT2D eigenvalue weighted by molar-refractivity contribution is 7.89. The Morgan fingerprint density at radius 3 is 2.11 bits per heavy atom. The van der Waals surface area contributed by atoms with Gasteiger partial charge in [0.1, 0.15) is 12.4 Å². The standard InChI is InChI=1S/C27H46N4O5S/c1-21-18-24(35-7)19-22(2)26(21)37(33,34)28(6)16-17-36-20-25(32)30-10-8-23(9-11-30)29-12-14-31(15-13-29)27(3,4)5/h18-19,23H,8-17,20H2,1-7H3. The van der Waals surface area contributed by atoms with Gasteiger partial charge in [-0.15, -0.1) is 0 Å². The molecule has 37 heavy (non-hydrogen) atoms. The number of aryl methyl sites for hydroxylation is 2. The van der Waals surface area contributed by atoms with Crippen LogP contribution in [0.2, 0.25) is 0 Å². The molecule has 0 radical (unpaired) electrons. The molecular weight excluding hydrogens is 492 g/mol. The van der Waals surface area contributed by atoms with Gasteiger partial charge >= 0.3 is 0 Å². The zero-order valence-corrected chi connectivity index (χ0v) is 24.6. The highest BCUT2D eigenvalue weighted by atomic mass is 32.2. The number of carbonyl (C=O) groups excluding carboxylic acids is 1. The maximum absolute atomic E-state index is 13.1. The summed E-state index contributed by atoms with van der Waals surface area (Å²) in [5.74, 6) is 0.606. The molecular formula is C27H46N4O5S. The van der Waals surface area contributed by atoms with Crippen molar-refractivity contribution in [2.45, 2.75) is 63.9 Å². The van der Waals surface area contributed by atoms with Crippen molar-refractivity contribution in [2.75, 3.05) is 73.2 Å². The molecule has 2 fully saturated rings. The quantitative estimate of drug-likeness (QED) is 0.447. The number of carbonyl (C=O) groups is 1. The number of amides is 1. The summed E-state index contributed by atoms with van der Waals surface area (Å²) < 4.78 is 38.4. The number of hydrogen-bond acceptors (Lipinski definition) is 7. The summed E-state index contributed by atoms with van der Waals surface area (Å²) in [5.41, 5.74) is 1.49. The van der Waals surface area contributed by atoms with Crippen molar-refractivity contribution >= 4 is 15.9 Å². The molecule has 10 heteroatoms. The lowest BCUT2D eigenvalue weighted by Gasteiger charge is -2.46. The predicted molar refractivity (Wildman–Crippen MR) is 146 cm³/mol. The number of rotatable bonds is 9. The van der Waals surface area contributed by atoms with Gasteiger partial charge in [0.25, 0.3) is 0 Å². The van der Waals surface area contributed by atoms with E-state index in [1.165, 1.54) is 11.4 Å². The third-order valence-corrected chi connectivity index (χ3v) is 9.87. The predicted octanol–water partition coefficient (Wildman–Crippen LogP) is 2.36. The van der Waals surface area contributed by atoms with E-state index in [4.69, 9.17) is 9.47 Å². The molecule has 0 unspecified atom stereocenters. The summed E-state index contributed by atoms with van der Waals surface area (Å²) in [6.45, 7) is 16.5. The third-order valence-electron chi connectivity index (χ3n) is 7.71. The van der Waals surface area contributed by atoms with Crippen molar-refractivity contribution in [1.82, 2.24) is 19.0 Å². The molecule has 0 bridgehead atoms. The fraction of sp³-hybridized carbons (Fsp3) is 0.741. The molecule has 0 aliphatic carbocycles. The topological polar surface area (TPSA) is 82.6 Å². The minimum absolute atomic E-state index is 0.0244. The number of piperidine rings is 1. The Morgan fingerprint density at radius 1 is 1.03 bits per heavy atom. The van der Waals surface area contributed by atoms with Crippen LogP contribution in [0.25, 0.3) is 0 Å². The molecule has 1 aromatic rings. The molecule has 1 amide bonds. The van der Waals surface area contributed by atoms with Gasteiger partial charge in [-0.25, -0.2) is 8.42 Å². The SMILES string of the molecule is COc1cc(C)c(S(=O)(=O)N(C)CCOCC(=O)N2CCC(N3CCN(C(C)(C)C)CC3)CC2)c(C)c1. The maximum Gasteiger partial charge on any atom is 0.248 e. The minimum atomic E-state index is -3.68. The second-order valence-corrected chi connectivity index (χ2v) is 13.3. The molecule has 2 saturated heterocycles. The third kappa shape index (κ3) is 7.44. The highest BCUT2D eigenvalue weighted by Crippen LogP contribution is 2.28. The zero-order chi connectivity index (χ0) is 27.4. The average molecular weight is 539 g/mol. The minimum Gasteiger partial charge on any atom is -0.497 e. The van der Waals surface area contributed by atoms with Gasteiger partial charge < -0.3 is 14.4 Å². The maximum atomic E-state index is 13.1. The Morgan fingerprint density at radius 2 is 1.59 bits per heavy atom. The number of likely N-dealkylation sites (N-methyl/N-ethyl adjacent to an activating group) is 1. The number of hydrogen-bond donors (Lipinski definition) is 0. The van der Waals surface area contributed by atoms with Crippen LogP contribution in [-0.2, 0) is 19.6 Å². The average Bonchev–Trinajstić information content (AvgIpc) is 2.85. The van der Waals surface area contributed by atoms with E-state index in [9.17, 15) is 13.2 Å². The van der Waals surface area contributed by atoms with E-state index >= 15 is 0 Å². The summed E-state index contributed by atoms with van der Waals surface area (Å²) in [4.78, 5) is 20.0. The zero-order valence-electron chi connectivity index (χ0n) is 23.7. The Bertz CT molecular complexity index is 1000. The first-order valence-electron chi connectivity index (χ1n) is 13.3. The fourth-order valence-electron chi connectivity index (χ4n) is 5.39. The Labute approximate surface area is 223 Å². The summed E-state index contributed by atoms with van der Waals surface area (Å²) >= 11 is 0. The van der Waals surface area contributed by atoms with E-state index in [1.807, 2.05) is 4.90 Å². The van der Waals surface area contributed by atoms with Gasteiger partial charge in [-0.1, -0.05) is 0 Å². The molecule has 2 aliphatic heterocycles. The molecule has 1 aromatic carbocycles. The lowest BCUT2D eigenvalue weighted by molar-refractivity contribution is -0.137. The Balaban J connectivity index is 1.40. The summed E-state index contributed by atoms with van der Waals surface area (Å²) in [5, 5.41) is 0.